The highest BCUT2D eigenvalue weighted by molar-refractivity contribution is 5.92. The number of carbonyl (C=O) groups is 2. The molecule has 180 valence electrons. The number of ether oxygens (including phenoxy) is 2. The molecule has 1 N–H and O–H groups in total. The summed E-state index contributed by atoms with van der Waals surface area (Å²) < 4.78 is 12.1. The summed E-state index contributed by atoms with van der Waals surface area (Å²) in [4.78, 5) is 31.7. The molecule has 8 heteroatoms. The zero-order valence-corrected chi connectivity index (χ0v) is 19.7. The van der Waals surface area contributed by atoms with Gasteiger partial charge in [0.25, 0.3) is 5.79 Å². The molecule has 33 heavy (non-hydrogen) atoms. The van der Waals surface area contributed by atoms with Crippen molar-refractivity contribution in [3.8, 4) is 11.5 Å². The van der Waals surface area contributed by atoms with E-state index >= 15 is 0 Å². The third-order valence-electron chi connectivity index (χ3n) is 7.50. The van der Waals surface area contributed by atoms with E-state index < -0.39 is 5.79 Å². The number of fused-ring (bicyclic) bond motifs is 1. The van der Waals surface area contributed by atoms with Crippen molar-refractivity contribution in [2.24, 2.45) is 0 Å². The second-order valence-corrected chi connectivity index (χ2v) is 10.0. The number of hydrogen-bond acceptors (Lipinski definition) is 6. The zero-order valence-electron chi connectivity index (χ0n) is 19.7. The Morgan fingerprint density at radius 3 is 2.36 bits per heavy atom. The van der Waals surface area contributed by atoms with Crippen LogP contribution in [-0.4, -0.2) is 84.2 Å². The third-order valence-corrected chi connectivity index (χ3v) is 7.50. The molecule has 1 aliphatic carbocycles. The maximum atomic E-state index is 12.7. The Hall–Kier alpha value is -2.32. The van der Waals surface area contributed by atoms with E-state index in [1.54, 1.807) is 0 Å². The van der Waals surface area contributed by atoms with Crippen molar-refractivity contribution < 1.29 is 19.1 Å². The number of nitrogens with zero attached hydrogens (tertiary/aromatic N) is 3. The van der Waals surface area contributed by atoms with Gasteiger partial charge in [-0.3, -0.25) is 19.4 Å². The Morgan fingerprint density at radius 2 is 1.64 bits per heavy atom. The first kappa shape index (κ1) is 22.5. The lowest BCUT2D eigenvalue weighted by molar-refractivity contribution is -0.136. The van der Waals surface area contributed by atoms with Crippen LogP contribution in [0.25, 0.3) is 0 Å². The van der Waals surface area contributed by atoms with Crippen LogP contribution >= 0.6 is 0 Å². The number of amides is 2. The predicted molar refractivity (Wildman–Crippen MR) is 125 cm³/mol. The molecule has 2 saturated heterocycles. The Balaban J connectivity index is 1.06. The molecule has 1 atom stereocenters. The van der Waals surface area contributed by atoms with Gasteiger partial charge in [0.15, 0.2) is 11.5 Å². The summed E-state index contributed by atoms with van der Waals surface area (Å²) in [5.41, 5.74) is 0.734. The molecule has 3 aliphatic heterocycles. The average molecular weight is 457 g/mol. The van der Waals surface area contributed by atoms with Crippen LogP contribution in [-0.2, 0) is 9.59 Å². The number of hydrogen-bond donors (Lipinski definition) is 1. The number of benzene rings is 1. The second-order valence-electron chi connectivity index (χ2n) is 10.0. The van der Waals surface area contributed by atoms with Gasteiger partial charge in [0.05, 0.1) is 13.1 Å². The largest absolute Gasteiger partial charge is 0.448 e. The van der Waals surface area contributed by atoms with Gasteiger partial charge in [0.2, 0.25) is 11.8 Å². The summed E-state index contributed by atoms with van der Waals surface area (Å²) in [6.45, 7) is 7.09. The van der Waals surface area contributed by atoms with Crippen molar-refractivity contribution in [2.45, 2.75) is 63.7 Å². The number of rotatable bonds is 5. The van der Waals surface area contributed by atoms with Gasteiger partial charge in [0.1, 0.15) is 0 Å². The van der Waals surface area contributed by atoms with Crippen molar-refractivity contribution in [3.05, 3.63) is 18.2 Å². The van der Waals surface area contributed by atoms with Crippen molar-refractivity contribution in [1.29, 1.82) is 0 Å². The SMILES string of the molecule is CC1CCCCN1C(=O)CN1CCN(CC(=O)Nc2ccc3c(c2)OC2(CCCC2)O3)CC1. The topological polar surface area (TPSA) is 74.4 Å². The normalized spacial score (nSPS) is 24.9. The van der Waals surface area contributed by atoms with Crippen LogP contribution < -0.4 is 14.8 Å². The molecule has 1 spiro atoms. The van der Waals surface area contributed by atoms with Gasteiger partial charge in [-0.1, -0.05) is 0 Å². The first-order valence-corrected chi connectivity index (χ1v) is 12.6. The minimum absolute atomic E-state index is 0.0314. The molecule has 0 bridgehead atoms. The number of carbonyl (C=O) groups excluding carboxylic acids is 2. The van der Waals surface area contributed by atoms with E-state index in [0.717, 1.165) is 88.4 Å². The Labute approximate surface area is 196 Å². The third kappa shape index (κ3) is 5.11. The van der Waals surface area contributed by atoms with E-state index in [9.17, 15) is 9.59 Å². The van der Waals surface area contributed by atoms with E-state index in [0.29, 0.717) is 19.1 Å². The molecule has 1 aromatic rings. The standard InChI is InChI=1S/C25H36N4O4/c1-19-6-2-5-11-29(19)24(31)18-28-14-12-27(13-15-28)17-23(30)26-20-7-8-21-22(16-20)33-25(32-21)9-3-4-10-25/h7-8,16,19H,2-6,9-15,17-18H2,1H3,(H,26,30). The summed E-state index contributed by atoms with van der Waals surface area (Å²) in [5.74, 6) is 1.21. The van der Waals surface area contributed by atoms with Gasteiger partial charge in [-0.2, -0.15) is 0 Å². The second kappa shape index (κ2) is 9.50. The first-order valence-electron chi connectivity index (χ1n) is 12.6. The van der Waals surface area contributed by atoms with E-state index in [1.807, 2.05) is 23.1 Å². The fourth-order valence-corrected chi connectivity index (χ4v) is 5.55. The molecule has 2 amide bonds. The van der Waals surface area contributed by atoms with Crippen molar-refractivity contribution >= 4 is 17.5 Å². The van der Waals surface area contributed by atoms with Crippen molar-refractivity contribution in [2.75, 3.05) is 51.1 Å². The van der Waals surface area contributed by atoms with Crippen LogP contribution in [0.3, 0.4) is 0 Å². The first-order chi connectivity index (χ1) is 16.0. The van der Waals surface area contributed by atoms with Crippen LogP contribution in [0.1, 0.15) is 51.9 Å². The Bertz CT molecular complexity index is 877. The molecule has 1 unspecified atom stereocenters. The fourth-order valence-electron chi connectivity index (χ4n) is 5.55. The van der Waals surface area contributed by atoms with Crippen LogP contribution in [0.4, 0.5) is 5.69 Å². The van der Waals surface area contributed by atoms with E-state index in [2.05, 4.69) is 22.0 Å². The number of anilines is 1. The van der Waals surface area contributed by atoms with Crippen LogP contribution in [0, 0.1) is 0 Å². The Kier molecular flexibility index (Phi) is 6.47. The summed E-state index contributed by atoms with van der Waals surface area (Å²) in [6, 6.07) is 5.98. The molecule has 3 heterocycles. The average Bonchev–Trinajstić information content (AvgIpc) is 3.40. The lowest BCUT2D eigenvalue weighted by atomic mass is 10.0. The fraction of sp³-hybridized carbons (Fsp3) is 0.680. The molecular weight excluding hydrogens is 420 g/mol. The van der Waals surface area contributed by atoms with Crippen LogP contribution in [0.5, 0.6) is 11.5 Å². The van der Waals surface area contributed by atoms with Crippen LogP contribution in [0.2, 0.25) is 0 Å². The van der Waals surface area contributed by atoms with Gasteiger partial charge < -0.3 is 19.7 Å². The molecule has 4 aliphatic rings. The minimum atomic E-state index is -0.488. The van der Waals surface area contributed by atoms with Crippen LogP contribution in [0.15, 0.2) is 18.2 Å². The predicted octanol–water partition coefficient (Wildman–Crippen LogP) is 2.69. The maximum absolute atomic E-state index is 12.7. The van der Waals surface area contributed by atoms with Crippen molar-refractivity contribution in [1.82, 2.24) is 14.7 Å². The number of likely N-dealkylation sites (tertiary alicyclic amines) is 1. The van der Waals surface area contributed by atoms with E-state index in [1.165, 1.54) is 6.42 Å². The minimum Gasteiger partial charge on any atom is -0.448 e. The van der Waals surface area contributed by atoms with Gasteiger partial charge in [-0.05, 0) is 51.2 Å². The molecule has 1 saturated carbocycles. The highest BCUT2D eigenvalue weighted by Gasteiger charge is 2.44. The van der Waals surface area contributed by atoms with Gasteiger partial charge >= 0.3 is 0 Å². The molecule has 0 aromatic heterocycles. The molecule has 8 nitrogen and oxygen atoms in total. The van der Waals surface area contributed by atoms with Gasteiger partial charge in [-0.25, -0.2) is 0 Å². The lowest BCUT2D eigenvalue weighted by Crippen LogP contribution is -2.53. The number of piperidine rings is 1. The highest BCUT2D eigenvalue weighted by atomic mass is 16.7. The van der Waals surface area contributed by atoms with Gasteiger partial charge in [0, 0.05) is 63.4 Å². The molecular formula is C25H36N4O4. The van der Waals surface area contributed by atoms with E-state index in [4.69, 9.17) is 9.47 Å². The summed E-state index contributed by atoms with van der Waals surface area (Å²) in [7, 11) is 0. The Morgan fingerprint density at radius 1 is 0.939 bits per heavy atom. The molecule has 1 aromatic carbocycles. The molecule has 0 radical (unpaired) electrons. The number of nitrogens with one attached hydrogen (secondary N) is 1. The quantitative estimate of drug-likeness (QED) is 0.734. The molecule has 3 fully saturated rings. The maximum Gasteiger partial charge on any atom is 0.251 e. The lowest BCUT2D eigenvalue weighted by Gasteiger charge is -2.37. The molecule has 5 rings (SSSR count). The summed E-state index contributed by atoms with van der Waals surface area (Å²) in [6.07, 6.45) is 7.52. The summed E-state index contributed by atoms with van der Waals surface area (Å²) in [5, 5.41) is 3.00. The highest BCUT2D eigenvalue weighted by Crippen LogP contribution is 2.47. The summed E-state index contributed by atoms with van der Waals surface area (Å²) >= 11 is 0. The smallest absolute Gasteiger partial charge is 0.251 e. The van der Waals surface area contributed by atoms with Gasteiger partial charge in [-0.15, -0.1) is 0 Å². The zero-order chi connectivity index (χ0) is 22.8. The monoisotopic (exact) mass is 456 g/mol. The van der Waals surface area contributed by atoms with Crippen molar-refractivity contribution in [3.63, 3.8) is 0 Å². The van der Waals surface area contributed by atoms with E-state index in [-0.39, 0.29) is 11.8 Å². The number of piperazine rings is 1.